The van der Waals surface area contributed by atoms with Gasteiger partial charge in [-0.25, -0.2) is 4.98 Å². The van der Waals surface area contributed by atoms with Crippen molar-refractivity contribution in [2.24, 2.45) is 0 Å². The molecule has 2 aromatic heterocycles. The van der Waals surface area contributed by atoms with Crippen LogP contribution in [0.3, 0.4) is 0 Å². The fraction of sp³-hybridized carbons (Fsp3) is 0.125. The molecule has 0 bridgehead atoms. The van der Waals surface area contributed by atoms with Crippen molar-refractivity contribution >= 4 is 28.9 Å². The predicted octanol–water partition coefficient (Wildman–Crippen LogP) is 5.94. The number of nitrogens with zero attached hydrogens (tertiary/aromatic N) is 1. The first-order chi connectivity index (χ1) is 16.2. The third-order valence-corrected chi connectivity index (χ3v) is 5.40. The maximum Gasteiger partial charge on any atom is 0.394 e. The Bertz CT molecular complexity index is 1310. The first kappa shape index (κ1) is 23.1. The number of aromatic nitrogens is 1. The quantitative estimate of drug-likeness (QED) is 0.321. The van der Waals surface area contributed by atoms with Crippen LogP contribution in [0.15, 0.2) is 70.5 Å². The van der Waals surface area contributed by atoms with Crippen molar-refractivity contribution in [3.05, 3.63) is 76.6 Å². The highest BCUT2D eigenvalue weighted by molar-refractivity contribution is 7.10. The summed E-state index contributed by atoms with van der Waals surface area (Å²) in [6.45, 7) is 0.637. The van der Waals surface area contributed by atoms with Gasteiger partial charge in [-0.15, -0.1) is 11.3 Å². The average molecular weight is 484 g/mol. The Hall–Kier alpha value is -4.05. The molecule has 0 aliphatic heterocycles. The number of amides is 1. The van der Waals surface area contributed by atoms with Crippen LogP contribution < -0.4 is 10.1 Å². The number of carboxylic acid groups (broad SMARTS) is 1. The summed E-state index contributed by atoms with van der Waals surface area (Å²) < 4.78 is 36.1. The number of alkyl halides is 2. The van der Waals surface area contributed by atoms with Gasteiger partial charge in [0.2, 0.25) is 0 Å². The summed E-state index contributed by atoms with van der Waals surface area (Å²) in [7, 11) is 0. The molecule has 0 saturated heterocycles. The number of ether oxygens (including phenoxy) is 1. The lowest BCUT2D eigenvalue weighted by atomic mass is 10.1. The Labute approximate surface area is 196 Å². The van der Waals surface area contributed by atoms with E-state index in [0.29, 0.717) is 34.8 Å². The van der Waals surface area contributed by atoms with Gasteiger partial charge in [-0.05, 0) is 60.7 Å². The van der Waals surface area contributed by atoms with E-state index >= 15 is 0 Å². The number of nitrogens with one attached hydrogen (secondary N) is 1. The molecule has 0 radical (unpaired) electrons. The summed E-state index contributed by atoms with van der Waals surface area (Å²) in [6, 6.07) is 15.9. The van der Waals surface area contributed by atoms with E-state index in [1.807, 2.05) is 0 Å². The number of furan rings is 1. The summed E-state index contributed by atoms with van der Waals surface area (Å²) in [5.74, 6) is -0.275. The zero-order valence-electron chi connectivity index (χ0n) is 17.7. The van der Waals surface area contributed by atoms with Crippen LogP contribution in [-0.4, -0.2) is 28.1 Å². The third-order valence-electron chi connectivity index (χ3n) is 4.55. The van der Waals surface area contributed by atoms with E-state index in [1.165, 1.54) is 35.6 Å². The van der Waals surface area contributed by atoms with Gasteiger partial charge in [0.05, 0.1) is 6.42 Å². The number of hydrogen-bond acceptors (Lipinski definition) is 6. The number of benzene rings is 2. The standard InChI is InChI=1S/C24H18F2N2O5S/c1-24(25,26)33-17-8-4-15(5-9-17)23(31)27-16-6-2-14(3-7-16)19-10-11-20(32-19)18-13-34-21(28-18)12-22(29)30/h2-11,13H,12H2,1H3,(H,27,31)(H,29,30). The molecule has 2 heterocycles. The molecule has 10 heteroatoms. The highest BCUT2D eigenvalue weighted by atomic mass is 32.1. The van der Waals surface area contributed by atoms with Gasteiger partial charge in [0.25, 0.3) is 5.91 Å². The second-order valence-electron chi connectivity index (χ2n) is 7.33. The number of aliphatic carboxylic acids is 1. The monoisotopic (exact) mass is 484 g/mol. The van der Waals surface area contributed by atoms with Crippen molar-refractivity contribution in [3.8, 4) is 28.5 Å². The first-order valence-electron chi connectivity index (χ1n) is 10.0. The minimum absolute atomic E-state index is 0.0398. The molecular weight excluding hydrogens is 466 g/mol. The Morgan fingerprint density at radius 2 is 1.74 bits per heavy atom. The van der Waals surface area contributed by atoms with Crippen LogP contribution in [0.1, 0.15) is 22.3 Å². The summed E-state index contributed by atoms with van der Waals surface area (Å²) in [4.78, 5) is 27.5. The maximum atomic E-state index is 12.9. The van der Waals surface area contributed by atoms with Gasteiger partial charge < -0.3 is 19.6 Å². The molecule has 0 saturated carbocycles. The summed E-state index contributed by atoms with van der Waals surface area (Å²) >= 11 is 1.25. The smallest absolute Gasteiger partial charge is 0.394 e. The van der Waals surface area contributed by atoms with E-state index in [-0.39, 0.29) is 17.7 Å². The molecule has 0 unspecified atom stereocenters. The number of halogens is 2. The van der Waals surface area contributed by atoms with Crippen LogP contribution in [0.25, 0.3) is 22.8 Å². The first-order valence-corrected chi connectivity index (χ1v) is 10.9. The number of anilines is 1. The van der Waals surface area contributed by atoms with Gasteiger partial charge in [-0.3, -0.25) is 9.59 Å². The van der Waals surface area contributed by atoms with E-state index in [1.54, 1.807) is 41.8 Å². The van der Waals surface area contributed by atoms with Crippen molar-refractivity contribution < 1.29 is 32.6 Å². The molecule has 1 amide bonds. The van der Waals surface area contributed by atoms with E-state index in [0.717, 1.165) is 5.56 Å². The molecular formula is C24H18F2N2O5S. The Morgan fingerprint density at radius 1 is 1.06 bits per heavy atom. The fourth-order valence-electron chi connectivity index (χ4n) is 3.07. The highest BCUT2D eigenvalue weighted by Crippen LogP contribution is 2.30. The Kier molecular flexibility index (Phi) is 6.42. The molecule has 0 aliphatic rings. The minimum Gasteiger partial charge on any atom is -0.481 e. The molecule has 7 nitrogen and oxygen atoms in total. The topological polar surface area (TPSA) is 102 Å². The zero-order chi connectivity index (χ0) is 24.3. The van der Waals surface area contributed by atoms with Gasteiger partial charge in [0.15, 0.2) is 5.76 Å². The molecule has 4 aromatic rings. The largest absolute Gasteiger partial charge is 0.481 e. The number of thiazole rings is 1. The van der Waals surface area contributed by atoms with E-state index in [2.05, 4.69) is 15.0 Å². The third kappa shape index (κ3) is 5.84. The van der Waals surface area contributed by atoms with Crippen molar-refractivity contribution in [2.45, 2.75) is 19.5 Å². The van der Waals surface area contributed by atoms with Crippen LogP contribution in [0.2, 0.25) is 0 Å². The van der Waals surface area contributed by atoms with Crippen LogP contribution in [0.4, 0.5) is 14.5 Å². The number of rotatable bonds is 8. The molecule has 2 N–H and O–H groups in total. The number of hydrogen-bond donors (Lipinski definition) is 2. The highest BCUT2D eigenvalue weighted by Gasteiger charge is 2.23. The summed E-state index contributed by atoms with van der Waals surface area (Å²) in [5.41, 5.74) is 2.17. The van der Waals surface area contributed by atoms with Gasteiger partial charge in [0, 0.05) is 29.1 Å². The lowest BCUT2D eigenvalue weighted by molar-refractivity contribution is -0.159. The molecule has 4 rings (SSSR count). The minimum atomic E-state index is -3.30. The van der Waals surface area contributed by atoms with Crippen LogP contribution in [0.5, 0.6) is 5.75 Å². The van der Waals surface area contributed by atoms with Crippen LogP contribution >= 0.6 is 11.3 Å². The molecule has 2 aromatic carbocycles. The number of carbonyl (C=O) groups excluding carboxylic acids is 1. The zero-order valence-corrected chi connectivity index (χ0v) is 18.6. The van der Waals surface area contributed by atoms with Crippen molar-refractivity contribution in [1.29, 1.82) is 0 Å². The van der Waals surface area contributed by atoms with Crippen molar-refractivity contribution in [2.75, 3.05) is 5.32 Å². The van der Waals surface area contributed by atoms with Gasteiger partial charge in [0.1, 0.15) is 22.2 Å². The summed E-state index contributed by atoms with van der Waals surface area (Å²) in [5, 5.41) is 13.8. The molecule has 0 aliphatic carbocycles. The average Bonchev–Trinajstić information content (AvgIpc) is 3.43. The van der Waals surface area contributed by atoms with Crippen LogP contribution in [0, 0.1) is 0 Å². The van der Waals surface area contributed by atoms with Gasteiger partial charge in [-0.1, -0.05) is 0 Å². The predicted molar refractivity (Wildman–Crippen MR) is 122 cm³/mol. The van der Waals surface area contributed by atoms with E-state index in [9.17, 15) is 18.4 Å². The fourth-order valence-corrected chi connectivity index (χ4v) is 3.84. The van der Waals surface area contributed by atoms with E-state index < -0.39 is 18.0 Å². The second-order valence-corrected chi connectivity index (χ2v) is 8.27. The molecule has 0 atom stereocenters. The van der Waals surface area contributed by atoms with Crippen molar-refractivity contribution in [1.82, 2.24) is 4.98 Å². The molecule has 0 fully saturated rings. The van der Waals surface area contributed by atoms with Crippen molar-refractivity contribution in [3.63, 3.8) is 0 Å². The second kappa shape index (κ2) is 9.44. The van der Waals surface area contributed by atoms with Gasteiger partial charge >= 0.3 is 12.1 Å². The normalized spacial score (nSPS) is 11.3. The molecule has 34 heavy (non-hydrogen) atoms. The number of carboxylic acids is 1. The molecule has 174 valence electrons. The lowest BCUT2D eigenvalue weighted by Crippen LogP contribution is -2.19. The molecule has 0 spiro atoms. The number of carbonyl (C=O) groups is 2. The van der Waals surface area contributed by atoms with Gasteiger partial charge in [-0.2, -0.15) is 8.78 Å². The Morgan fingerprint density at radius 3 is 2.38 bits per heavy atom. The Balaban J connectivity index is 1.40. The maximum absolute atomic E-state index is 12.9. The van der Waals surface area contributed by atoms with Crippen LogP contribution in [-0.2, 0) is 11.2 Å². The van der Waals surface area contributed by atoms with E-state index in [4.69, 9.17) is 9.52 Å². The summed E-state index contributed by atoms with van der Waals surface area (Å²) in [6.07, 6.45) is -3.44. The SMILES string of the molecule is CC(F)(F)Oc1ccc(C(=O)Nc2ccc(-c3ccc(-c4csc(CC(=O)O)n4)o3)cc2)cc1. The lowest BCUT2D eigenvalue weighted by Gasteiger charge is -2.13.